The van der Waals surface area contributed by atoms with Crippen LogP contribution in [0.15, 0.2) is 186 Å². The summed E-state index contributed by atoms with van der Waals surface area (Å²) in [5, 5.41) is -3.02. The van der Waals surface area contributed by atoms with E-state index in [1.807, 2.05) is 0 Å². The van der Waals surface area contributed by atoms with Crippen molar-refractivity contribution in [3.05, 3.63) is 181 Å². The Bertz CT molecular complexity index is 3860. The van der Waals surface area contributed by atoms with Crippen molar-refractivity contribution in [1.82, 2.24) is 0 Å². The Morgan fingerprint density at radius 2 is 0.766 bits per heavy atom. The van der Waals surface area contributed by atoms with Gasteiger partial charge in [-0.25, -0.2) is 0 Å². The number of furan rings is 1. The summed E-state index contributed by atoms with van der Waals surface area (Å²) in [6.07, 6.45) is 0. The minimum absolute atomic E-state index is 0.0605. The smallest absolute Gasteiger partial charge is 0.143 e. The van der Waals surface area contributed by atoms with E-state index in [-0.39, 0.29) is 16.7 Å². The van der Waals surface area contributed by atoms with E-state index in [4.69, 9.17) is 30.5 Å². The van der Waals surface area contributed by atoms with Crippen molar-refractivity contribution in [3.63, 3.8) is 0 Å². The Morgan fingerprint density at radius 1 is 0.319 bits per heavy atom. The third kappa shape index (κ3) is 4.64. The minimum atomic E-state index is -0.930. The van der Waals surface area contributed by atoms with Gasteiger partial charge < -0.3 is 4.42 Å². The second kappa shape index (κ2) is 11.3. The van der Waals surface area contributed by atoms with Crippen LogP contribution in [0.1, 0.15) is 35.6 Å². The highest BCUT2D eigenvalue weighted by Crippen LogP contribution is 2.50. The summed E-state index contributed by atoms with van der Waals surface area (Å²) in [5.74, 6) is -0.444. The normalized spacial score (nSPS) is 19.1. The van der Waals surface area contributed by atoms with Gasteiger partial charge in [0.2, 0.25) is 0 Å². The summed E-state index contributed by atoms with van der Waals surface area (Å²) < 4.78 is 236. The maximum atomic E-state index is 9.66. The Labute approximate surface area is 310 Å². The topological polar surface area (TPSA) is 13.1 Å². The van der Waals surface area contributed by atoms with Crippen molar-refractivity contribution in [1.29, 1.82) is 0 Å². The fourth-order valence-corrected chi connectivity index (χ4v) is 5.53. The molecule has 0 spiro atoms. The maximum absolute atomic E-state index is 9.66. The summed E-state index contributed by atoms with van der Waals surface area (Å²) in [7, 11) is 0. The van der Waals surface area contributed by atoms with Crippen molar-refractivity contribution < 1.29 is 40.1 Å². The lowest BCUT2D eigenvalue weighted by Gasteiger charge is -2.18. The van der Waals surface area contributed by atoms with Gasteiger partial charge in [0, 0.05) is 22.1 Å². The zero-order chi connectivity index (χ0) is 53.8. The SMILES string of the molecule is [2H]c1c([2H])c([2H])c(-c2ccc(-c3oc4c([2H])c(-c5c([2H])c([2H])c([2H])c([2H])c5[2H])c([2H])c([2H])c4c3-c3c4c([2H])c([2H])c([2H])c([2H])c4c(-c4c([2H])c([2H])c([2H])c([2H])c4[2H])c4c([2H])c([2H])c([2H])c([2H])c34)cc2)c([2H])c1[2H]. The first kappa shape index (κ1) is 11.6. The van der Waals surface area contributed by atoms with Crippen LogP contribution in [-0.4, -0.2) is 0 Å². The molecule has 1 nitrogen and oxygen atoms in total. The number of hydrogen-bond donors (Lipinski definition) is 0. The molecule has 0 aliphatic heterocycles. The average molecular weight is 625 g/mol. The molecule has 0 aliphatic rings. The highest BCUT2D eigenvalue weighted by molar-refractivity contribution is 6.25. The van der Waals surface area contributed by atoms with Crippen molar-refractivity contribution in [2.45, 2.75) is 0 Å². The van der Waals surface area contributed by atoms with Crippen molar-refractivity contribution in [2.75, 3.05) is 0 Å². The monoisotopic (exact) mass is 624 g/mol. The zero-order valence-corrected chi connectivity index (χ0v) is 23.7. The Balaban J connectivity index is 1.58. The Morgan fingerprint density at radius 3 is 1.32 bits per heavy atom. The molecule has 0 atom stereocenters. The molecule has 0 aliphatic carbocycles. The third-order valence-electron chi connectivity index (χ3n) is 7.52. The molecule has 9 aromatic rings. The average Bonchev–Trinajstić information content (AvgIpc) is 3.78. The Kier molecular flexibility index (Phi) is 2.78. The van der Waals surface area contributed by atoms with Crippen LogP contribution in [0.25, 0.3) is 88.3 Å². The summed E-state index contributed by atoms with van der Waals surface area (Å²) in [4.78, 5) is 0. The molecule has 0 amide bonds. The van der Waals surface area contributed by atoms with Gasteiger partial charge in [-0.1, -0.05) is 169 Å². The third-order valence-corrected chi connectivity index (χ3v) is 7.52. The summed E-state index contributed by atoms with van der Waals surface area (Å²) in [5.41, 5.74) is -4.55. The second-order valence-corrected chi connectivity index (χ2v) is 10.1. The van der Waals surface area contributed by atoms with Gasteiger partial charge >= 0.3 is 0 Å². The minimum Gasteiger partial charge on any atom is -0.455 e. The molecule has 8 aromatic carbocycles. The lowest BCUT2D eigenvalue weighted by Crippen LogP contribution is -1.91. The van der Waals surface area contributed by atoms with Crippen LogP contribution in [0.4, 0.5) is 0 Å². The van der Waals surface area contributed by atoms with Crippen LogP contribution < -0.4 is 0 Å². The van der Waals surface area contributed by atoms with E-state index >= 15 is 0 Å². The van der Waals surface area contributed by atoms with E-state index in [9.17, 15) is 9.60 Å². The standard InChI is InChI=1S/C46H30O/c1-4-14-31(15-5-1)33-24-26-35(27-25-33)46-45(41-29-28-36(30-42(41)47-46)32-16-6-2-7-17-32)44-39-22-12-10-20-37(39)43(34-18-8-3-9-19-34)38-21-11-13-23-40(38)44/h1-30H/i1D,2D,3D,4D,5D,6D,7D,8D,9D,10D,11D,12D,13D,14D,15D,16D,17D,18D,19D,20D,21D,22D,23D,28D,29D,30D. The van der Waals surface area contributed by atoms with Crippen LogP contribution >= 0.6 is 0 Å². The first-order chi connectivity index (χ1) is 34.1. The van der Waals surface area contributed by atoms with Crippen LogP contribution in [0.3, 0.4) is 0 Å². The molecule has 0 saturated carbocycles. The highest BCUT2D eigenvalue weighted by atomic mass is 16.3. The fourth-order valence-electron chi connectivity index (χ4n) is 5.53. The summed E-state index contributed by atoms with van der Waals surface area (Å²) >= 11 is 0. The lowest BCUT2D eigenvalue weighted by atomic mass is 9.84. The lowest BCUT2D eigenvalue weighted by molar-refractivity contribution is 0.632. The van der Waals surface area contributed by atoms with Crippen molar-refractivity contribution in [3.8, 4) is 55.8 Å². The van der Waals surface area contributed by atoms with Gasteiger partial charge in [0.05, 0.1) is 35.6 Å². The van der Waals surface area contributed by atoms with E-state index in [1.165, 1.54) is 24.3 Å². The molecular weight excluding hydrogens is 569 g/mol. The predicted octanol–water partition coefficient (Wildman–Crippen LogP) is 13.1. The second-order valence-electron chi connectivity index (χ2n) is 10.1. The summed E-state index contributed by atoms with van der Waals surface area (Å²) in [6, 6.07) is -16.6. The van der Waals surface area contributed by atoms with Crippen LogP contribution in [-0.2, 0) is 0 Å². The highest BCUT2D eigenvalue weighted by Gasteiger charge is 2.24. The van der Waals surface area contributed by atoms with Gasteiger partial charge in [-0.3, -0.25) is 0 Å². The van der Waals surface area contributed by atoms with Gasteiger partial charge in [0.25, 0.3) is 0 Å². The molecule has 9 rings (SSSR count). The molecule has 0 bridgehead atoms. The first-order valence-corrected chi connectivity index (χ1v) is 14.0. The molecule has 0 saturated heterocycles. The number of hydrogen-bond acceptors (Lipinski definition) is 1. The van der Waals surface area contributed by atoms with Crippen LogP contribution in [0.2, 0.25) is 0 Å². The summed E-state index contributed by atoms with van der Waals surface area (Å²) in [6.45, 7) is 0. The van der Waals surface area contributed by atoms with E-state index in [0.29, 0.717) is 0 Å². The van der Waals surface area contributed by atoms with Gasteiger partial charge in [0.1, 0.15) is 11.3 Å². The largest absolute Gasteiger partial charge is 0.455 e. The molecule has 47 heavy (non-hydrogen) atoms. The first-order valence-electron chi connectivity index (χ1n) is 27.0. The number of rotatable bonds is 5. The maximum Gasteiger partial charge on any atom is 0.143 e. The quantitative estimate of drug-likeness (QED) is 0.174. The van der Waals surface area contributed by atoms with E-state index in [2.05, 4.69) is 0 Å². The van der Waals surface area contributed by atoms with E-state index in [0.717, 1.165) is 0 Å². The molecular formula is C46H30O. The fraction of sp³-hybridized carbons (Fsp3) is 0. The number of fused-ring (bicyclic) bond motifs is 3. The van der Waals surface area contributed by atoms with Gasteiger partial charge in [-0.15, -0.1) is 0 Å². The van der Waals surface area contributed by atoms with Crippen LogP contribution in [0.5, 0.6) is 0 Å². The molecule has 0 radical (unpaired) electrons. The van der Waals surface area contributed by atoms with Gasteiger partial charge in [-0.05, 0) is 67.0 Å². The molecule has 220 valence electrons. The molecule has 1 aromatic heterocycles. The number of benzene rings is 8. The van der Waals surface area contributed by atoms with E-state index in [1.54, 1.807) is 0 Å². The van der Waals surface area contributed by atoms with Crippen molar-refractivity contribution >= 4 is 32.5 Å². The van der Waals surface area contributed by atoms with Gasteiger partial charge in [-0.2, -0.15) is 0 Å². The van der Waals surface area contributed by atoms with Crippen LogP contribution in [0, 0.1) is 0 Å². The molecule has 0 unspecified atom stereocenters. The molecule has 1 heterocycles. The van der Waals surface area contributed by atoms with Crippen molar-refractivity contribution in [2.24, 2.45) is 0 Å². The molecule has 0 N–H and O–H groups in total. The molecule has 0 fully saturated rings. The molecule has 1 heteroatoms. The van der Waals surface area contributed by atoms with E-state index < -0.39 is 229 Å². The predicted molar refractivity (Wildman–Crippen MR) is 198 cm³/mol. The zero-order valence-electron chi connectivity index (χ0n) is 49.7. The Hall–Kier alpha value is -6.18. The van der Waals surface area contributed by atoms with Gasteiger partial charge in [0.15, 0.2) is 0 Å².